The molecular weight excluding hydrogens is 298 g/mol. The van der Waals surface area contributed by atoms with Gasteiger partial charge in [-0.15, -0.1) is 0 Å². The number of amides is 1. The van der Waals surface area contributed by atoms with Crippen LogP contribution in [0.5, 0.6) is 0 Å². The molecule has 0 saturated heterocycles. The second kappa shape index (κ2) is 9.62. The van der Waals surface area contributed by atoms with E-state index in [0.29, 0.717) is 6.61 Å². The minimum atomic E-state index is -2.86. The smallest absolute Gasteiger partial charge is 0.245 e. The number of hydrogen-bond donors (Lipinski definition) is 6. The van der Waals surface area contributed by atoms with E-state index in [1.807, 2.05) is 5.32 Å². The first kappa shape index (κ1) is 20.6. The van der Waals surface area contributed by atoms with Crippen molar-refractivity contribution in [2.24, 2.45) is 0 Å². The Morgan fingerprint density at radius 1 is 1.36 bits per heavy atom. The van der Waals surface area contributed by atoms with E-state index in [1.54, 1.807) is 6.92 Å². The Balaban J connectivity index is 5.26. The normalized spacial score (nSPS) is 17.9. The average molecular weight is 321 g/mol. The van der Waals surface area contributed by atoms with Gasteiger partial charge in [0.05, 0.1) is 13.2 Å². The molecule has 6 N–H and O–H groups in total. The molecule has 0 bridgehead atoms. The summed E-state index contributed by atoms with van der Waals surface area (Å²) in [5.74, 6) is -2.01. The molecular formula is C13H23NO8. The van der Waals surface area contributed by atoms with E-state index in [2.05, 4.69) is 6.58 Å². The standard InChI is InChI=1S/C13H23NO8/c1-3-10(18)14-13(21,9(17)5-6-22-4-2)12(20)11(19)8(16)7-15/h3,8,11-12,15-16,19-21H,1,4-7H2,2H3,(H,14,18)/t8-,11-,12+,13+/m1/s1. The highest BCUT2D eigenvalue weighted by molar-refractivity contribution is 5.95. The van der Waals surface area contributed by atoms with Gasteiger partial charge in [0.15, 0.2) is 5.78 Å². The molecule has 9 nitrogen and oxygen atoms in total. The minimum Gasteiger partial charge on any atom is -0.394 e. The molecule has 0 saturated carbocycles. The number of carbonyl (C=O) groups excluding carboxylic acids is 2. The van der Waals surface area contributed by atoms with Crippen LogP contribution in [0.25, 0.3) is 0 Å². The molecule has 0 spiro atoms. The summed E-state index contributed by atoms with van der Waals surface area (Å²) in [6.07, 6.45) is -5.77. The van der Waals surface area contributed by atoms with Crippen molar-refractivity contribution in [3.05, 3.63) is 12.7 Å². The summed E-state index contributed by atoms with van der Waals surface area (Å²) in [5, 5.41) is 49.7. The Morgan fingerprint density at radius 2 is 1.95 bits per heavy atom. The number of ether oxygens (including phenoxy) is 1. The topological polar surface area (TPSA) is 157 Å². The summed E-state index contributed by atoms with van der Waals surface area (Å²) in [6, 6.07) is 0. The molecule has 0 radical (unpaired) electrons. The molecule has 1 amide bonds. The molecule has 0 aromatic rings. The van der Waals surface area contributed by atoms with Crippen molar-refractivity contribution in [2.45, 2.75) is 37.4 Å². The lowest BCUT2D eigenvalue weighted by Crippen LogP contribution is -2.66. The molecule has 9 heteroatoms. The number of rotatable bonds is 11. The van der Waals surface area contributed by atoms with Gasteiger partial charge in [-0.05, 0) is 13.0 Å². The van der Waals surface area contributed by atoms with Crippen LogP contribution >= 0.6 is 0 Å². The van der Waals surface area contributed by atoms with Gasteiger partial charge in [-0.1, -0.05) is 6.58 Å². The number of carbonyl (C=O) groups is 2. The maximum Gasteiger partial charge on any atom is 0.245 e. The van der Waals surface area contributed by atoms with Gasteiger partial charge in [-0.25, -0.2) is 0 Å². The fourth-order valence-electron chi connectivity index (χ4n) is 1.61. The summed E-state index contributed by atoms with van der Waals surface area (Å²) < 4.78 is 4.94. The Morgan fingerprint density at radius 3 is 2.41 bits per heavy atom. The molecule has 128 valence electrons. The van der Waals surface area contributed by atoms with E-state index in [-0.39, 0.29) is 13.0 Å². The molecule has 4 atom stereocenters. The third-order valence-electron chi connectivity index (χ3n) is 2.93. The molecule has 0 aliphatic rings. The van der Waals surface area contributed by atoms with Crippen LogP contribution in [-0.2, 0) is 14.3 Å². The van der Waals surface area contributed by atoms with Crippen molar-refractivity contribution >= 4 is 11.7 Å². The molecule has 0 aliphatic heterocycles. The van der Waals surface area contributed by atoms with E-state index >= 15 is 0 Å². The van der Waals surface area contributed by atoms with Crippen molar-refractivity contribution in [3.63, 3.8) is 0 Å². The monoisotopic (exact) mass is 321 g/mol. The second-order valence-electron chi connectivity index (χ2n) is 4.52. The number of nitrogens with one attached hydrogen (secondary N) is 1. The van der Waals surface area contributed by atoms with Crippen LogP contribution in [0, 0.1) is 0 Å². The zero-order valence-electron chi connectivity index (χ0n) is 12.3. The third kappa shape index (κ3) is 5.44. The van der Waals surface area contributed by atoms with Crippen molar-refractivity contribution in [2.75, 3.05) is 19.8 Å². The first-order valence-electron chi connectivity index (χ1n) is 6.67. The second-order valence-corrected chi connectivity index (χ2v) is 4.52. The maximum absolute atomic E-state index is 12.1. The Kier molecular flexibility index (Phi) is 9.02. The van der Waals surface area contributed by atoms with E-state index in [4.69, 9.17) is 9.84 Å². The van der Waals surface area contributed by atoms with Crippen LogP contribution in [0.1, 0.15) is 13.3 Å². The van der Waals surface area contributed by atoms with Crippen LogP contribution < -0.4 is 5.32 Å². The van der Waals surface area contributed by atoms with Gasteiger partial charge < -0.3 is 35.6 Å². The quantitative estimate of drug-likeness (QED) is 0.134. The van der Waals surface area contributed by atoms with Gasteiger partial charge in [-0.2, -0.15) is 0 Å². The van der Waals surface area contributed by atoms with Gasteiger partial charge in [0.25, 0.3) is 0 Å². The lowest BCUT2D eigenvalue weighted by molar-refractivity contribution is -0.185. The van der Waals surface area contributed by atoms with Gasteiger partial charge in [0.1, 0.15) is 18.3 Å². The van der Waals surface area contributed by atoms with Gasteiger partial charge in [-0.3, -0.25) is 9.59 Å². The average Bonchev–Trinajstić information content (AvgIpc) is 2.52. The Labute approximate surface area is 127 Å². The van der Waals surface area contributed by atoms with E-state index in [0.717, 1.165) is 6.08 Å². The Bertz CT molecular complexity index is 388. The SMILES string of the molecule is C=CC(=O)N[C@](O)(C(=O)CCOCC)[C@@H](O)[C@H](O)[C@H](O)CO. The highest BCUT2D eigenvalue weighted by atomic mass is 16.5. The zero-order valence-corrected chi connectivity index (χ0v) is 12.3. The summed E-state index contributed by atoms with van der Waals surface area (Å²) in [6.45, 7) is 4.15. The molecule has 22 heavy (non-hydrogen) atoms. The fourth-order valence-corrected chi connectivity index (χ4v) is 1.61. The van der Waals surface area contributed by atoms with E-state index < -0.39 is 42.3 Å². The molecule has 0 aliphatic carbocycles. The number of Topliss-reactive ketones (excluding diaryl/α,β-unsaturated/α-hetero) is 1. The van der Waals surface area contributed by atoms with Crippen molar-refractivity contribution in [3.8, 4) is 0 Å². The summed E-state index contributed by atoms with van der Waals surface area (Å²) in [5.41, 5.74) is -2.86. The molecule has 0 aromatic carbocycles. The van der Waals surface area contributed by atoms with Crippen LogP contribution in [0.15, 0.2) is 12.7 Å². The van der Waals surface area contributed by atoms with Crippen molar-refractivity contribution < 1.29 is 39.9 Å². The first-order valence-corrected chi connectivity index (χ1v) is 6.67. The molecule has 0 aromatic heterocycles. The Hall–Kier alpha value is -1.36. The predicted octanol–water partition coefficient (Wildman–Crippen LogP) is -2.95. The third-order valence-corrected chi connectivity index (χ3v) is 2.93. The van der Waals surface area contributed by atoms with Gasteiger partial charge in [0, 0.05) is 13.0 Å². The van der Waals surface area contributed by atoms with Gasteiger partial charge >= 0.3 is 0 Å². The summed E-state index contributed by atoms with van der Waals surface area (Å²) in [7, 11) is 0. The van der Waals surface area contributed by atoms with E-state index in [9.17, 15) is 30.0 Å². The maximum atomic E-state index is 12.1. The van der Waals surface area contributed by atoms with Crippen LogP contribution in [0.2, 0.25) is 0 Å². The summed E-state index contributed by atoms with van der Waals surface area (Å²) >= 11 is 0. The zero-order chi connectivity index (χ0) is 17.3. The number of hydrogen-bond acceptors (Lipinski definition) is 8. The highest BCUT2D eigenvalue weighted by Crippen LogP contribution is 2.17. The lowest BCUT2D eigenvalue weighted by atomic mass is 9.92. The predicted molar refractivity (Wildman–Crippen MR) is 74.5 cm³/mol. The van der Waals surface area contributed by atoms with Crippen molar-refractivity contribution in [1.82, 2.24) is 5.32 Å². The fraction of sp³-hybridized carbons (Fsp3) is 0.692. The molecule has 0 rings (SSSR count). The first-order chi connectivity index (χ1) is 10.2. The lowest BCUT2D eigenvalue weighted by Gasteiger charge is -2.35. The largest absolute Gasteiger partial charge is 0.394 e. The highest BCUT2D eigenvalue weighted by Gasteiger charge is 2.48. The van der Waals surface area contributed by atoms with Crippen LogP contribution in [0.3, 0.4) is 0 Å². The van der Waals surface area contributed by atoms with Crippen LogP contribution in [0.4, 0.5) is 0 Å². The van der Waals surface area contributed by atoms with E-state index in [1.165, 1.54) is 0 Å². The van der Waals surface area contributed by atoms with Crippen LogP contribution in [-0.4, -0.2) is 81.1 Å². The number of ketones is 1. The number of aliphatic hydroxyl groups is 5. The molecule has 0 fully saturated rings. The van der Waals surface area contributed by atoms with Crippen molar-refractivity contribution in [1.29, 1.82) is 0 Å². The molecule has 0 unspecified atom stereocenters. The molecule has 0 heterocycles. The van der Waals surface area contributed by atoms with Gasteiger partial charge in [0.2, 0.25) is 11.6 Å². The summed E-state index contributed by atoms with van der Waals surface area (Å²) in [4.78, 5) is 23.4. The minimum absolute atomic E-state index is 0.0764. The number of aliphatic hydroxyl groups excluding tert-OH is 4.